The Kier molecular flexibility index (Phi) is 4.98. The average Bonchev–Trinajstić information content (AvgIpc) is 2.48. The summed E-state index contributed by atoms with van der Waals surface area (Å²) in [5.41, 5.74) is 0. The maximum Gasteiger partial charge on any atom is 0.415 e. The highest BCUT2D eigenvalue weighted by atomic mass is 16.6. The third kappa shape index (κ3) is 3.50. The van der Waals surface area contributed by atoms with Crippen molar-refractivity contribution in [3.63, 3.8) is 0 Å². The van der Waals surface area contributed by atoms with Crippen LogP contribution in [0.4, 0.5) is 4.79 Å². The van der Waals surface area contributed by atoms with Crippen molar-refractivity contribution in [2.75, 3.05) is 13.2 Å². The number of hydrogen-bond donors (Lipinski definition) is 0. The van der Waals surface area contributed by atoms with Crippen molar-refractivity contribution in [1.29, 1.82) is 0 Å². The zero-order valence-corrected chi connectivity index (χ0v) is 11.6. The Morgan fingerprint density at radius 1 is 1.25 bits per heavy atom. The first-order valence-electron chi connectivity index (χ1n) is 6.92. The Balaban J connectivity index is 2.03. The normalized spacial score (nSPS) is 18.4. The van der Waals surface area contributed by atoms with Crippen LogP contribution in [0.15, 0.2) is 30.3 Å². The summed E-state index contributed by atoms with van der Waals surface area (Å²) >= 11 is 0. The Hall–Kier alpha value is -2.04. The number of hydrogen-bond acceptors (Lipinski definition) is 4. The maximum absolute atomic E-state index is 12.2. The molecule has 20 heavy (non-hydrogen) atoms. The Morgan fingerprint density at radius 3 is 2.70 bits per heavy atom. The first-order chi connectivity index (χ1) is 9.72. The van der Waals surface area contributed by atoms with E-state index in [1.54, 1.807) is 31.2 Å². The number of para-hydroxylation sites is 1. The molecule has 1 aliphatic rings. The van der Waals surface area contributed by atoms with E-state index in [1.165, 1.54) is 4.90 Å². The Morgan fingerprint density at radius 2 is 2.00 bits per heavy atom. The number of likely N-dealkylation sites (tertiary alicyclic amines) is 1. The van der Waals surface area contributed by atoms with Gasteiger partial charge in [0.05, 0.1) is 6.61 Å². The summed E-state index contributed by atoms with van der Waals surface area (Å²) in [5.74, 6) is 0.128. The highest BCUT2D eigenvalue weighted by Gasteiger charge is 2.34. The van der Waals surface area contributed by atoms with Gasteiger partial charge >= 0.3 is 12.1 Å². The number of carbonyl (C=O) groups is 2. The van der Waals surface area contributed by atoms with E-state index in [0.29, 0.717) is 25.3 Å². The second-order valence-corrected chi connectivity index (χ2v) is 4.64. The number of nitrogens with zero attached hydrogens (tertiary/aromatic N) is 1. The van der Waals surface area contributed by atoms with Crippen LogP contribution in [-0.4, -0.2) is 36.2 Å². The van der Waals surface area contributed by atoms with Crippen LogP contribution in [0.25, 0.3) is 0 Å². The van der Waals surface area contributed by atoms with Crippen molar-refractivity contribution < 1.29 is 19.1 Å². The van der Waals surface area contributed by atoms with E-state index in [1.807, 2.05) is 6.07 Å². The molecule has 1 unspecified atom stereocenters. The van der Waals surface area contributed by atoms with Crippen LogP contribution < -0.4 is 4.74 Å². The lowest BCUT2D eigenvalue weighted by molar-refractivity contribution is -0.149. The molecular weight excluding hydrogens is 258 g/mol. The number of ether oxygens (including phenoxy) is 2. The van der Waals surface area contributed by atoms with Gasteiger partial charge in [0.25, 0.3) is 0 Å². The van der Waals surface area contributed by atoms with E-state index in [4.69, 9.17) is 9.47 Å². The van der Waals surface area contributed by atoms with Gasteiger partial charge in [0, 0.05) is 6.54 Å². The lowest BCUT2D eigenvalue weighted by Crippen LogP contribution is -2.49. The van der Waals surface area contributed by atoms with Crippen molar-refractivity contribution in [1.82, 2.24) is 4.90 Å². The van der Waals surface area contributed by atoms with E-state index in [2.05, 4.69) is 0 Å². The number of benzene rings is 1. The molecule has 5 nitrogen and oxygen atoms in total. The zero-order chi connectivity index (χ0) is 14.4. The van der Waals surface area contributed by atoms with Gasteiger partial charge in [0.1, 0.15) is 11.8 Å². The molecule has 0 bridgehead atoms. The van der Waals surface area contributed by atoms with Crippen LogP contribution in [0.2, 0.25) is 0 Å². The molecule has 1 amide bonds. The van der Waals surface area contributed by atoms with Crippen molar-refractivity contribution in [3.8, 4) is 5.75 Å². The van der Waals surface area contributed by atoms with Crippen LogP contribution in [0.5, 0.6) is 5.75 Å². The molecule has 0 saturated carbocycles. The van der Waals surface area contributed by atoms with Gasteiger partial charge in [0.15, 0.2) is 0 Å². The second-order valence-electron chi connectivity index (χ2n) is 4.64. The minimum atomic E-state index is -0.528. The van der Waals surface area contributed by atoms with E-state index in [0.717, 1.165) is 12.8 Å². The molecule has 0 aromatic heterocycles. The largest absolute Gasteiger partial charge is 0.464 e. The van der Waals surface area contributed by atoms with Crippen molar-refractivity contribution in [2.45, 2.75) is 32.2 Å². The van der Waals surface area contributed by atoms with Gasteiger partial charge in [-0.2, -0.15) is 0 Å². The van der Waals surface area contributed by atoms with Crippen LogP contribution >= 0.6 is 0 Å². The summed E-state index contributed by atoms with van der Waals surface area (Å²) in [6.07, 6.45) is 1.93. The molecule has 0 spiro atoms. The van der Waals surface area contributed by atoms with Gasteiger partial charge in [0.2, 0.25) is 0 Å². The zero-order valence-electron chi connectivity index (χ0n) is 11.6. The fraction of sp³-hybridized carbons (Fsp3) is 0.467. The highest BCUT2D eigenvalue weighted by Crippen LogP contribution is 2.20. The molecule has 5 heteroatoms. The van der Waals surface area contributed by atoms with Crippen LogP contribution in [-0.2, 0) is 9.53 Å². The van der Waals surface area contributed by atoms with E-state index < -0.39 is 12.1 Å². The molecular formula is C15H19NO4. The number of amides is 1. The van der Waals surface area contributed by atoms with Gasteiger partial charge in [-0.1, -0.05) is 18.2 Å². The molecule has 108 valence electrons. The second kappa shape index (κ2) is 6.93. The van der Waals surface area contributed by atoms with Gasteiger partial charge < -0.3 is 9.47 Å². The van der Waals surface area contributed by atoms with E-state index >= 15 is 0 Å². The minimum Gasteiger partial charge on any atom is -0.464 e. The fourth-order valence-electron chi connectivity index (χ4n) is 2.28. The summed E-state index contributed by atoms with van der Waals surface area (Å²) in [6.45, 7) is 2.60. The summed E-state index contributed by atoms with van der Waals surface area (Å²) in [5, 5.41) is 0. The summed E-state index contributed by atoms with van der Waals surface area (Å²) in [4.78, 5) is 25.5. The lowest BCUT2D eigenvalue weighted by atomic mass is 10.0. The van der Waals surface area contributed by atoms with Crippen molar-refractivity contribution in [3.05, 3.63) is 30.3 Å². The van der Waals surface area contributed by atoms with Gasteiger partial charge in [-0.15, -0.1) is 0 Å². The predicted octanol–water partition coefficient (Wildman–Crippen LogP) is 2.60. The standard InChI is InChI=1S/C15H19NO4/c1-2-19-14(17)13-10-6-7-11-16(13)15(18)20-12-8-4-3-5-9-12/h3-5,8-9,13H,2,6-7,10-11H2,1H3. The Bertz CT molecular complexity index is 460. The SMILES string of the molecule is CCOC(=O)C1CCCCN1C(=O)Oc1ccccc1. The minimum absolute atomic E-state index is 0.316. The quantitative estimate of drug-likeness (QED) is 0.797. The molecule has 1 heterocycles. The number of carbonyl (C=O) groups excluding carboxylic acids is 2. The molecule has 1 saturated heterocycles. The first-order valence-corrected chi connectivity index (χ1v) is 6.92. The third-order valence-electron chi connectivity index (χ3n) is 3.24. The number of esters is 1. The van der Waals surface area contributed by atoms with E-state index in [-0.39, 0.29) is 5.97 Å². The first kappa shape index (κ1) is 14.4. The van der Waals surface area contributed by atoms with Crippen molar-refractivity contribution >= 4 is 12.1 Å². The van der Waals surface area contributed by atoms with Crippen LogP contribution in [0.1, 0.15) is 26.2 Å². The van der Waals surface area contributed by atoms with Gasteiger partial charge in [-0.05, 0) is 38.3 Å². The molecule has 1 atom stereocenters. The molecule has 1 fully saturated rings. The molecule has 1 aromatic carbocycles. The fourth-order valence-corrected chi connectivity index (χ4v) is 2.28. The summed E-state index contributed by atoms with van der Waals surface area (Å²) in [6, 6.07) is 8.32. The van der Waals surface area contributed by atoms with Crippen LogP contribution in [0, 0.1) is 0 Å². The lowest BCUT2D eigenvalue weighted by Gasteiger charge is -2.32. The number of piperidine rings is 1. The van der Waals surface area contributed by atoms with E-state index in [9.17, 15) is 9.59 Å². The third-order valence-corrected chi connectivity index (χ3v) is 3.24. The average molecular weight is 277 g/mol. The van der Waals surface area contributed by atoms with Crippen LogP contribution in [0.3, 0.4) is 0 Å². The summed E-state index contributed by atoms with van der Waals surface area (Å²) in [7, 11) is 0. The highest BCUT2D eigenvalue weighted by molar-refractivity contribution is 5.82. The molecule has 0 radical (unpaired) electrons. The maximum atomic E-state index is 12.2. The smallest absolute Gasteiger partial charge is 0.415 e. The monoisotopic (exact) mass is 277 g/mol. The molecule has 0 N–H and O–H groups in total. The predicted molar refractivity (Wildman–Crippen MR) is 73.4 cm³/mol. The topological polar surface area (TPSA) is 55.8 Å². The molecule has 2 rings (SSSR count). The molecule has 0 aliphatic carbocycles. The van der Waals surface area contributed by atoms with Gasteiger partial charge in [-0.25, -0.2) is 9.59 Å². The Labute approximate surface area is 118 Å². The summed E-state index contributed by atoms with van der Waals surface area (Å²) < 4.78 is 10.3. The molecule has 1 aliphatic heterocycles. The molecule has 1 aromatic rings. The van der Waals surface area contributed by atoms with Crippen molar-refractivity contribution in [2.24, 2.45) is 0 Å². The number of rotatable bonds is 3. The van der Waals surface area contributed by atoms with Gasteiger partial charge in [-0.3, -0.25) is 4.90 Å².